The number of alkyl halides is 1. The molecule has 0 spiro atoms. The predicted octanol–water partition coefficient (Wildman–Crippen LogP) is 4.66. The second-order valence-electron chi connectivity index (χ2n) is 4.79. The van der Waals surface area contributed by atoms with Crippen LogP contribution in [0.1, 0.15) is 42.7 Å². The van der Waals surface area contributed by atoms with Crippen LogP contribution in [-0.2, 0) is 0 Å². The molecule has 0 atom stereocenters. The van der Waals surface area contributed by atoms with E-state index < -0.39 is 0 Å². The Labute approximate surface area is 101 Å². The zero-order valence-corrected chi connectivity index (χ0v) is 11.0. The third-order valence-corrected chi connectivity index (χ3v) is 4.49. The SMILES string of the molecule is Cc1cccc([C@H]2CC[C@H](CBr)CC2)c1. The fraction of sp³-hybridized carbons (Fsp3) is 0.571. The van der Waals surface area contributed by atoms with E-state index in [1.165, 1.54) is 36.6 Å². The van der Waals surface area contributed by atoms with E-state index in [2.05, 4.69) is 47.1 Å². The van der Waals surface area contributed by atoms with Gasteiger partial charge in [0.15, 0.2) is 0 Å². The van der Waals surface area contributed by atoms with Crippen molar-refractivity contribution in [3.05, 3.63) is 35.4 Å². The van der Waals surface area contributed by atoms with Gasteiger partial charge in [0.05, 0.1) is 0 Å². The van der Waals surface area contributed by atoms with Crippen LogP contribution in [0.25, 0.3) is 0 Å². The Morgan fingerprint density at radius 1 is 1.20 bits per heavy atom. The van der Waals surface area contributed by atoms with E-state index in [1.807, 2.05) is 0 Å². The number of hydrogen-bond acceptors (Lipinski definition) is 0. The third-order valence-electron chi connectivity index (χ3n) is 3.58. The monoisotopic (exact) mass is 266 g/mol. The van der Waals surface area contributed by atoms with E-state index in [9.17, 15) is 0 Å². The van der Waals surface area contributed by atoms with Gasteiger partial charge in [-0.15, -0.1) is 0 Å². The topological polar surface area (TPSA) is 0 Å². The van der Waals surface area contributed by atoms with E-state index in [0.717, 1.165) is 11.8 Å². The first-order chi connectivity index (χ1) is 7.29. The molecule has 1 aliphatic rings. The third kappa shape index (κ3) is 2.84. The lowest BCUT2D eigenvalue weighted by Gasteiger charge is -2.27. The van der Waals surface area contributed by atoms with Crippen molar-refractivity contribution in [2.45, 2.75) is 38.5 Å². The van der Waals surface area contributed by atoms with Crippen molar-refractivity contribution < 1.29 is 0 Å². The lowest BCUT2D eigenvalue weighted by Crippen LogP contribution is -2.14. The lowest BCUT2D eigenvalue weighted by atomic mass is 9.79. The van der Waals surface area contributed by atoms with Gasteiger partial charge in [-0.1, -0.05) is 45.8 Å². The van der Waals surface area contributed by atoms with Crippen LogP contribution in [0.4, 0.5) is 0 Å². The van der Waals surface area contributed by atoms with Gasteiger partial charge in [0, 0.05) is 5.33 Å². The Morgan fingerprint density at radius 3 is 2.53 bits per heavy atom. The molecule has 1 saturated carbocycles. The van der Waals surface area contributed by atoms with E-state index >= 15 is 0 Å². The summed E-state index contributed by atoms with van der Waals surface area (Å²) in [5.74, 6) is 1.74. The quantitative estimate of drug-likeness (QED) is 0.683. The zero-order chi connectivity index (χ0) is 10.7. The Bertz CT molecular complexity index is 311. The normalized spacial score (nSPS) is 26.5. The number of aryl methyl sites for hydroxylation is 1. The van der Waals surface area contributed by atoms with Gasteiger partial charge >= 0.3 is 0 Å². The standard InChI is InChI=1S/C14H19Br/c1-11-3-2-4-14(9-11)13-7-5-12(10-15)6-8-13/h2-4,9,12-13H,5-8,10H2,1H3/t12-,13-. The summed E-state index contributed by atoms with van der Waals surface area (Å²) in [6.07, 6.45) is 5.53. The molecule has 1 heteroatoms. The van der Waals surface area contributed by atoms with Crippen molar-refractivity contribution in [3.8, 4) is 0 Å². The fourth-order valence-corrected chi connectivity index (χ4v) is 3.22. The number of benzene rings is 1. The van der Waals surface area contributed by atoms with E-state index in [0.29, 0.717) is 0 Å². The van der Waals surface area contributed by atoms with E-state index in [1.54, 1.807) is 5.56 Å². The molecule has 0 nitrogen and oxygen atoms in total. The van der Waals surface area contributed by atoms with Crippen LogP contribution < -0.4 is 0 Å². The number of rotatable bonds is 2. The van der Waals surface area contributed by atoms with E-state index in [-0.39, 0.29) is 0 Å². The van der Waals surface area contributed by atoms with Crippen molar-refractivity contribution in [3.63, 3.8) is 0 Å². The first kappa shape index (κ1) is 11.2. The molecule has 0 heterocycles. The Kier molecular flexibility index (Phi) is 3.85. The van der Waals surface area contributed by atoms with Gasteiger partial charge < -0.3 is 0 Å². The Hall–Kier alpha value is -0.300. The van der Waals surface area contributed by atoms with E-state index in [4.69, 9.17) is 0 Å². The highest BCUT2D eigenvalue weighted by atomic mass is 79.9. The van der Waals surface area contributed by atoms with Crippen LogP contribution in [0.2, 0.25) is 0 Å². The fourth-order valence-electron chi connectivity index (χ4n) is 2.57. The summed E-state index contributed by atoms with van der Waals surface area (Å²) in [4.78, 5) is 0. The highest BCUT2D eigenvalue weighted by Crippen LogP contribution is 2.36. The van der Waals surface area contributed by atoms with Crippen LogP contribution >= 0.6 is 15.9 Å². The molecular weight excluding hydrogens is 248 g/mol. The average molecular weight is 267 g/mol. The zero-order valence-electron chi connectivity index (χ0n) is 9.38. The maximum Gasteiger partial charge on any atom is 0.00596 e. The molecule has 1 aromatic carbocycles. The van der Waals surface area contributed by atoms with Crippen LogP contribution in [-0.4, -0.2) is 5.33 Å². The number of hydrogen-bond donors (Lipinski definition) is 0. The summed E-state index contributed by atoms with van der Waals surface area (Å²) in [6, 6.07) is 9.04. The molecule has 82 valence electrons. The van der Waals surface area contributed by atoms with Crippen LogP contribution in [0, 0.1) is 12.8 Å². The largest absolute Gasteiger partial charge is 0.0925 e. The summed E-state index contributed by atoms with van der Waals surface area (Å²) < 4.78 is 0. The molecule has 0 radical (unpaired) electrons. The maximum atomic E-state index is 3.60. The van der Waals surface area contributed by atoms with Crippen molar-refractivity contribution in [2.24, 2.45) is 5.92 Å². The molecule has 0 amide bonds. The van der Waals surface area contributed by atoms with Gasteiger partial charge in [0.1, 0.15) is 0 Å². The molecular formula is C14H19Br. The highest BCUT2D eigenvalue weighted by Gasteiger charge is 2.21. The molecule has 0 aromatic heterocycles. The second-order valence-corrected chi connectivity index (χ2v) is 5.43. The molecule has 2 rings (SSSR count). The molecule has 0 aliphatic heterocycles. The summed E-state index contributed by atoms with van der Waals surface area (Å²) >= 11 is 3.60. The minimum Gasteiger partial charge on any atom is -0.0925 e. The minimum atomic E-state index is 0.820. The van der Waals surface area contributed by atoms with Gasteiger partial charge in [0.2, 0.25) is 0 Å². The Balaban J connectivity index is 2.01. The Morgan fingerprint density at radius 2 is 1.93 bits per heavy atom. The molecule has 0 unspecified atom stereocenters. The van der Waals surface area contributed by atoms with Crippen LogP contribution in [0.5, 0.6) is 0 Å². The summed E-state index contributed by atoms with van der Waals surface area (Å²) in [7, 11) is 0. The van der Waals surface area contributed by atoms with Gasteiger partial charge in [-0.25, -0.2) is 0 Å². The van der Waals surface area contributed by atoms with Gasteiger partial charge in [0.25, 0.3) is 0 Å². The first-order valence-corrected chi connectivity index (χ1v) is 7.04. The molecule has 0 saturated heterocycles. The van der Waals surface area contributed by atoms with Crippen molar-refractivity contribution in [1.29, 1.82) is 0 Å². The van der Waals surface area contributed by atoms with Crippen LogP contribution in [0.15, 0.2) is 24.3 Å². The highest BCUT2D eigenvalue weighted by molar-refractivity contribution is 9.09. The minimum absolute atomic E-state index is 0.820. The molecule has 1 aliphatic carbocycles. The average Bonchev–Trinajstić information content (AvgIpc) is 2.29. The first-order valence-electron chi connectivity index (χ1n) is 5.92. The van der Waals surface area contributed by atoms with Crippen molar-refractivity contribution >= 4 is 15.9 Å². The molecule has 0 bridgehead atoms. The second kappa shape index (κ2) is 5.16. The maximum absolute atomic E-state index is 3.60. The molecule has 15 heavy (non-hydrogen) atoms. The van der Waals surface area contributed by atoms with Gasteiger partial charge in [-0.05, 0) is 50.0 Å². The summed E-state index contributed by atoms with van der Waals surface area (Å²) in [5.41, 5.74) is 2.96. The summed E-state index contributed by atoms with van der Waals surface area (Å²) in [5, 5.41) is 1.19. The number of halogens is 1. The van der Waals surface area contributed by atoms with Crippen LogP contribution in [0.3, 0.4) is 0 Å². The smallest absolute Gasteiger partial charge is 0.00596 e. The van der Waals surface area contributed by atoms with Gasteiger partial charge in [-0.3, -0.25) is 0 Å². The molecule has 1 aromatic rings. The predicted molar refractivity (Wildman–Crippen MR) is 69.7 cm³/mol. The van der Waals surface area contributed by atoms with Crippen molar-refractivity contribution in [2.75, 3.05) is 5.33 Å². The summed E-state index contributed by atoms with van der Waals surface area (Å²) in [6.45, 7) is 2.19. The van der Waals surface area contributed by atoms with Crippen molar-refractivity contribution in [1.82, 2.24) is 0 Å². The molecule has 1 fully saturated rings. The van der Waals surface area contributed by atoms with Gasteiger partial charge in [-0.2, -0.15) is 0 Å². The lowest BCUT2D eigenvalue weighted by molar-refractivity contribution is 0.354. The molecule has 0 N–H and O–H groups in total.